The number of rotatable bonds is 6. The van der Waals surface area contributed by atoms with Crippen LogP contribution in [0.3, 0.4) is 0 Å². The fourth-order valence-electron chi connectivity index (χ4n) is 3.70. The molecular weight excluding hydrogens is 334 g/mol. The molecule has 1 fully saturated rings. The Bertz CT molecular complexity index is 792. The molecule has 1 atom stereocenters. The molecule has 0 radical (unpaired) electrons. The molecule has 1 unspecified atom stereocenters. The van der Waals surface area contributed by atoms with Crippen molar-refractivity contribution in [1.29, 1.82) is 0 Å². The van der Waals surface area contributed by atoms with Gasteiger partial charge in [0.2, 0.25) is 0 Å². The highest BCUT2D eigenvalue weighted by molar-refractivity contribution is 5.74. The summed E-state index contributed by atoms with van der Waals surface area (Å²) in [4.78, 5) is 12.1. The molecule has 1 saturated carbocycles. The third kappa shape index (κ3) is 3.71. The summed E-state index contributed by atoms with van der Waals surface area (Å²) in [5.41, 5.74) is 0.972. The first-order valence-corrected chi connectivity index (χ1v) is 8.85. The maximum atomic E-state index is 14.3. The number of carbonyl (C=O) groups is 1. The highest BCUT2D eigenvalue weighted by atomic mass is 19.1. The maximum Gasteiger partial charge on any atom is 0.314 e. The summed E-state index contributed by atoms with van der Waals surface area (Å²) in [5, 5.41) is 5.69. The summed E-state index contributed by atoms with van der Waals surface area (Å²) in [6.07, 6.45) is 1.49. The summed E-state index contributed by atoms with van der Waals surface area (Å²) in [5.74, 6) is -1.15. The molecule has 0 saturated heterocycles. The average Bonchev–Trinajstić information content (AvgIpc) is 3.16. The molecule has 5 heteroatoms. The van der Waals surface area contributed by atoms with Crippen molar-refractivity contribution in [1.82, 2.24) is 10.6 Å². The van der Waals surface area contributed by atoms with E-state index >= 15 is 0 Å². The first-order valence-electron chi connectivity index (χ1n) is 8.85. The number of halogens is 2. The molecule has 138 valence electrons. The number of nitrogens with one attached hydrogen (secondary N) is 2. The number of hydrogen-bond donors (Lipinski definition) is 2. The third-order valence-electron chi connectivity index (χ3n) is 5.45. The molecule has 3 nitrogen and oxygen atoms in total. The van der Waals surface area contributed by atoms with E-state index in [1.165, 1.54) is 12.1 Å². The summed E-state index contributed by atoms with van der Waals surface area (Å²) < 4.78 is 27.5. The second-order valence-corrected chi connectivity index (χ2v) is 7.61. The highest BCUT2D eigenvalue weighted by Crippen LogP contribution is 2.64. The van der Waals surface area contributed by atoms with Crippen molar-refractivity contribution < 1.29 is 13.6 Å². The molecule has 0 aromatic heterocycles. The summed E-state index contributed by atoms with van der Waals surface area (Å²) >= 11 is 0. The van der Waals surface area contributed by atoms with E-state index in [1.54, 1.807) is 0 Å². The maximum absolute atomic E-state index is 14.3. The zero-order chi connectivity index (χ0) is 18.8. The van der Waals surface area contributed by atoms with E-state index in [1.807, 2.05) is 44.2 Å². The van der Waals surface area contributed by atoms with Crippen LogP contribution in [0.4, 0.5) is 13.6 Å². The Morgan fingerprint density at radius 2 is 1.77 bits per heavy atom. The SMILES string of the molecule is CC1(C)CC1(CNC(=O)NCCc1ccccc1)c1ccc(F)cc1F. The Balaban J connectivity index is 1.57. The van der Waals surface area contributed by atoms with Crippen LogP contribution in [0.1, 0.15) is 31.4 Å². The van der Waals surface area contributed by atoms with Crippen LogP contribution in [-0.2, 0) is 11.8 Å². The molecule has 2 N–H and O–H groups in total. The largest absolute Gasteiger partial charge is 0.338 e. The smallest absolute Gasteiger partial charge is 0.314 e. The standard InChI is InChI=1S/C21H24F2N2O/c1-20(2)13-21(20,17-9-8-16(22)12-18(17)23)14-25-19(26)24-11-10-15-6-4-3-5-7-15/h3-9,12H,10-11,13-14H2,1-2H3,(H2,24,25,26). The predicted molar refractivity (Wildman–Crippen MR) is 98.0 cm³/mol. The number of benzene rings is 2. The van der Waals surface area contributed by atoms with Gasteiger partial charge >= 0.3 is 6.03 Å². The highest BCUT2D eigenvalue weighted by Gasteiger charge is 2.62. The lowest BCUT2D eigenvalue weighted by atomic mass is 9.87. The van der Waals surface area contributed by atoms with E-state index < -0.39 is 17.0 Å². The first-order chi connectivity index (χ1) is 12.3. The van der Waals surface area contributed by atoms with E-state index in [-0.39, 0.29) is 11.4 Å². The molecule has 26 heavy (non-hydrogen) atoms. The van der Waals surface area contributed by atoms with E-state index in [4.69, 9.17) is 0 Å². The van der Waals surface area contributed by atoms with Crippen molar-refractivity contribution in [2.45, 2.75) is 32.1 Å². The second kappa shape index (κ2) is 7.06. The Morgan fingerprint density at radius 3 is 2.38 bits per heavy atom. The van der Waals surface area contributed by atoms with Crippen LogP contribution in [0, 0.1) is 17.0 Å². The lowest BCUT2D eigenvalue weighted by molar-refractivity contribution is 0.239. The zero-order valence-electron chi connectivity index (χ0n) is 15.1. The van der Waals surface area contributed by atoms with Gasteiger partial charge in [0.25, 0.3) is 0 Å². The van der Waals surface area contributed by atoms with Gasteiger partial charge in [0.15, 0.2) is 0 Å². The van der Waals surface area contributed by atoms with Gasteiger partial charge in [-0.15, -0.1) is 0 Å². The molecule has 1 aliphatic rings. The molecule has 2 amide bonds. The van der Waals surface area contributed by atoms with Gasteiger partial charge < -0.3 is 10.6 Å². The molecule has 2 aromatic rings. The molecule has 0 heterocycles. The minimum absolute atomic E-state index is 0.150. The van der Waals surface area contributed by atoms with Gasteiger partial charge in [0, 0.05) is 24.6 Å². The number of hydrogen-bond acceptors (Lipinski definition) is 1. The fraction of sp³-hybridized carbons (Fsp3) is 0.381. The van der Waals surface area contributed by atoms with Crippen molar-refractivity contribution in [2.24, 2.45) is 5.41 Å². The lowest BCUT2D eigenvalue weighted by Gasteiger charge is -2.22. The van der Waals surface area contributed by atoms with Gasteiger partial charge in [-0.2, -0.15) is 0 Å². The monoisotopic (exact) mass is 358 g/mol. The molecule has 0 spiro atoms. The second-order valence-electron chi connectivity index (χ2n) is 7.61. The minimum atomic E-state index is -0.591. The lowest BCUT2D eigenvalue weighted by Crippen LogP contribution is -2.42. The Morgan fingerprint density at radius 1 is 1.08 bits per heavy atom. The van der Waals surface area contributed by atoms with Crippen molar-refractivity contribution >= 4 is 6.03 Å². The predicted octanol–water partition coefficient (Wildman–Crippen LogP) is 4.17. The van der Waals surface area contributed by atoms with Crippen LogP contribution < -0.4 is 10.6 Å². The van der Waals surface area contributed by atoms with Crippen LogP contribution in [0.5, 0.6) is 0 Å². The molecule has 0 bridgehead atoms. The third-order valence-corrected chi connectivity index (χ3v) is 5.45. The van der Waals surface area contributed by atoms with Gasteiger partial charge in [-0.1, -0.05) is 50.2 Å². The molecule has 1 aliphatic carbocycles. The van der Waals surface area contributed by atoms with Crippen LogP contribution in [0.15, 0.2) is 48.5 Å². The Kier molecular flexibility index (Phi) is 4.99. The van der Waals surface area contributed by atoms with Crippen LogP contribution in [-0.4, -0.2) is 19.1 Å². The van der Waals surface area contributed by atoms with Crippen LogP contribution >= 0.6 is 0 Å². The molecular formula is C21H24F2N2O. The number of urea groups is 1. The number of amides is 2. The van der Waals surface area contributed by atoms with Crippen molar-refractivity contribution in [3.63, 3.8) is 0 Å². The van der Waals surface area contributed by atoms with Gasteiger partial charge in [-0.05, 0) is 35.4 Å². The van der Waals surface area contributed by atoms with Crippen molar-refractivity contribution in [2.75, 3.05) is 13.1 Å². The van der Waals surface area contributed by atoms with E-state index in [9.17, 15) is 13.6 Å². The molecule has 3 rings (SSSR count). The van der Waals surface area contributed by atoms with Crippen LogP contribution in [0.25, 0.3) is 0 Å². The summed E-state index contributed by atoms with van der Waals surface area (Å²) in [6, 6.07) is 13.3. The molecule has 0 aliphatic heterocycles. The zero-order valence-corrected chi connectivity index (χ0v) is 15.1. The van der Waals surface area contributed by atoms with E-state index in [0.29, 0.717) is 18.7 Å². The van der Waals surface area contributed by atoms with Gasteiger partial charge in [0.1, 0.15) is 11.6 Å². The fourth-order valence-corrected chi connectivity index (χ4v) is 3.70. The average molecular weight is 358 g/mol. The van der Waals surface area contributed by atoms with Gasteiger partial charge in [-0.25, -0.2) is 13.6 Å². The quantitative estimate of drug-likeness (QED) is 0.799. The number of carbonyl (C=O) groups excluding carboxylic acids is 1. The van der Waals surface area contributed by atoms with E-state index in [2.05, 4.69) is 10.6 Å². The topological polar surface area (TPSA) is 41.1 Å². The summed E-state index contributed by atoms with van der Waals surface area (Å²) in [7, 11) is 0. The minimum Gasteiger partial charge on any atom is -0.338 e. The van der Waals surface area contributed by atoms with Crippen molar-refractivity contribution in [3.05, 3.63) is 71.3 Å². The van der Waals surface area contributed by atoms with Gasteiger partial charge in [-0.3, -0.25) is 0 Å². The first kappa shape index (κ1) is 18.4. The Labute approximate surface area is 152 Å². The molecule has 2 aromatic carbocycles. The Hall–Kier alpha value is -2.43. The normalized spacial score (nSPS) is 20.5. The van der Waals surface area contributed by atoms with Crippen molar-refractivity contribution in [3.8, 4) is 0 Å². The van der Waals surface area contributed by atoms with Gasteiger partial charge in [0.05, 0.1) is 0 Å². The van der Waals surface area contributed by atoms with Crippen LogP contribution in [0.2, 0.25) is 0 Å². The summed E-state index contributed by atoms with van der Waals surface area (Å²) in [6.45, 7) is 4.91. The van der Waals surface area contributed by atoms with E-state index in [0.717, 1.165) is 24.5 Å².